The topological polar surface area (TPSA) is 95.9 Å². The number of carbonyl (C=O) groups is 3. The molecule has 3 aromatic rings. The minimum atomic E-state index is -0.922. The van der Waals surface area contributed by atoms with E-state index in [-0.39, 0.29) is 43.4 Å². The molecule has 7 heteroatoms. The number of alkyl carbamates (subject to hydrolysis) is 1. The number of fused-ring (bicyclic) bond motifs is 3. The predicted octanol–water partition coefficient (Wildman–Crippen LogP) is 5.59. The van der Waals surface area contributed by atoms with E-state index < -0.39 is 12.1 Å². The molecule has 0 aliphatic heterocycles. The molecule has 0 bridgehead atoms. The van der Waals surface area contributed by atoms with Gasteiger partial charge < -0.3 is 20.1 Å². The van der Waals surface area contributed by atoms with Crippen LogP contribution in [0.25, 0.3) is 11.1 Å². The van der Waals surface area contributed by atoms with Crippen LogP contribution in [-0.2, 0) is 20.9 Å². The number of aliphatic carboxylic acids is 1. The van der Waals surface area contributed by atoms with Crippen molar-refractivity contribution < 1.29 is 24.2 Å². The van der Waals surface area contributed by atoms with Crippen molar-refractivity contribution in [2.45, 2.75) is 50.6 Å². The van der Waals surface area contributed by atoms with Crippen LogP contribution in [-0.4, -0.2) is 47.2 Å². The van der Waals surface area contributed by atoms with Gasteiger partial charge in [0.05, 0.1) is 6.42 Å². The van der Waals surface area contributed by atoms with E-state index in [2.05, 4.69) is 29.6 Å². The molecule has 0 aromatic heterocycles. The van der Waals surface area contributed by atoms with Gasteiger partial charge in [0.2, 0.25) is 5.91 Å². The normalized spacial score (nSPS) is 17.7. The van der Waals surface area contributed by atoms with E-state index in [0.29, 0.717) is 19.4 Å². The first-order chi connectivity index (χ1) is 19.0. The van der Waals surface area contributed by atoms with E-state index in [1.807, 2.05) is 54.6 Å². The minimum Gasteiger partial charge on any atom is -0.481 e. The lowest BCUT2D eigenvalue weighted by Gasteiger charge is -2.24. The number of amides is 2. The lowest BCUT2D eigenvalue weighted by molar-refractivity contribution is -0.139. The molecule has 2 atom stereocenters. The van der Waals surface area contributed by atoms with Crippen LogP contribution < -0.4 is 5.32 Å². The van der Waals surface area contributed by atoms with Crippen molar-refractivity contribution in [1.29, 1.82) is 0 Å². The number of ether oxygens (including phenoxy) is 1. The summed E-state index contributed by atoms with van der Waals surface area (Å²) in [6.45, 7) is 0.838. The monoisotopic (exact) mass is 526 g/mol. The van der Waals surface area contributed by atoms with Crippen LogP contribution in [0.15, 0.2) is 78.9 Å². The summed E-state index contributed by atoms with van der Waals surface area (Å²) in [5.74, 6) is -0.820. The van der Waals surface area contributed by atoms with Crippen LogP contribution in [0, 0.1) is 5.92 Å². The molecule has 0 spiro atoms. The summed E-state index contributed by atoms with van der Waals surface area (Å²) < 4.78 is 5.70. The van der Waals surface area contributed by atoms with Gasteiger partial charge in [-0.2, -0.15) is 0 Å². The third kappa shape index (κ3) is 6.48. The molecular weight excluding hydrogens is 492 g/mol. The van der Waals surface area contributed by atoms with Crippen LogP contribution in [0.3, 0.4) is 0 Å². The molecule has 0 heterocycles. The molecule has 0 unspecified atom stereocenters. The average Bonchev–Trinajstić information content (AvgIpc) is 3.51. The van der Waals surface area contributed by atoms with Crippen molar-refractivity contribution in [3.05, 3.63) is 95.6 Å². The Morgan fingerprint density at radius 3 is 2.18 bits per heavy atom. The molecule has 2 aliphatic carbocycles. The summed E-state index contributed by atoms with van der Waals surface area (Å²) in [6.07, 6.45) is 2.15. The van der Waals surface area contributed by atoms with Crippen molar-refractivity contribution in [3.63, 3.8) is 0 Å². The molecule has 39 heavy (non-hydrogen) atoms. The van der Waals surface area contributed by atoms with Crippen LogP contribution in [0.1, 0.15) is 54.7 Å². The lowest BCUT2D eigenvalue weighted by Crippen LogP contribution is -2.35. The van der Waals surface area contributed by atoms with Crippen molar-refractivity contribution in [2.24, 2.45) is 5.92 Å². The Morgan fingerprint density at radius 2 is 1.51 bits per heavy atom. The number of nitrogens with one attached hydrogen (secondary N) is 1. The number of hydrogen-bond donors (Lipinski definition) is 2. The second-order valence-corrected chi connectivity index (χ2v) is 10.5. The van der Waals surface area contributed by atoms with Gasteiger partial charge in [-0.1, -0.05) is 78.9 Å². The molecule has 202 valence electrons. The Balaban J connectivity index is 1.12. The number of hydrogen-bond acceptors (Lipinski definition) is 4. The van der Waals surface area contributed by atoms with Gasteiger partial charge in [-0.15, -0.1) is 0 Å². The van der Waals surface area contributed by atoms with Crippen LogP contribution in [0.4, 0.5) is 4.79 Å². The molecule has 2 amide bonds. The summed E-state index contributed by atoms with van der Waals surface area (Å²) >= 11 is 0. The molecule has 0 saturated heterocycles. The first-order valence-electron chi connectivity index (χ1n) is 13.6. The van der Waals surface area contributed by atoms with Crippen molar-refractivity contribution in [3.8, 4) is 11.1 Å². The Labute approximate surface area is 228 Å². The molecule has 1 saturated carbocycles. The van der Waals surface area contributed by atoms with E-state index >= 15 is 0 Å². The molecule has 5 rings (SSSR count). The number of rotatable bonds is 10. The fourth-order valence-electron chi connectivity index (χ4n) is 5.90. The molecule has 2 aliphatic rings. The highest BCUT2D eigenvalue weighted by molar-refractivity contribution is 5.79. The number of carboxylic acids is 1. The fraction of sp³-hybridized carbons (Fsp3) is 0.344. The molecule has 7 nitrogen and oxygen atoms in total. The zero-order valence-corrected chi connectivity index (χ0v) is 21.9. The molecular formula is C32H34N2O5. The van der Waals surface area contributed by atoms with E-state index in [4.69, 9.17) is 9.84 Å². The van der Waals surface area contributed by atoms with Crippen molar-refractivity contribution >= 4 is 18.0 Å². The number of carboxylic acid groups (broad SMARTS) is 1. The quantitative estimate of drug-likeness (QED) is 0.359. The zero-order valence-electron chi connectivity index (χ0n) is 21.9. The highest BCUT2D eigenvalue weighted by Gasteiger charge is 2.31. The first-order valence-corrected chi connectivity index (χ1v) is 13.6. The van der Waals surface area contributed by atoms with E-state index in [1.54, 1.807) is 4.90 Å². The van der Waals surface area contributed by atoms with Crippen LogP contribution >= 0.6 is 0 Å². The Hall–Kier alpha value is -4.13. The maximum absolute atomic E-state index is 13.1. The largest absolute Gasteiger partial charge is 0.481 e. The molecule has 2 N–H and O–H groups in total. The van der Waals surface area contributed by atoms with Gasteiger partial charge in [-0.25, -0.2) is 4.79 Å². The number of carbonyl (C=O) groups excluding carboxylic acids is 2. The summed E-state index contributed by atoms with van der Waals surface area (Å²) in [6, 6.07) is 26.0. The first kappa shape index (κ1) is 26.5. The third-order valence-corrected chi connectivity index (χ3v) is 7.83. The second kappa shape index (κ2) is 12.2. The third-order valence-electron chi connectivity index (χ3n) is 7.83. The zero-order chi connectivity index (χ0) is 27.2. The van der Waals surface area contributed by atoms with E-state index in [0.717, 1.165) is 18.4 Å². The Bertz CT molecular complexity index is 1280. The average molecular weight is 527 g/mol. The van der Waals surface area contributed by atoms with Crippen LogP contribution in [0.2, 0.25) is 0 Å². The summed E-state index contributed by atoms with van der Waals surface area (Å²) in [5.41, 5.74) is 5.70. The highest BCUT2D eigenvalue weighted by Crippen LogP contribution is 2.44. The van der Waals surface area contributed by atoms with Crippen molar-refractivity contribution in [1.82, 2.24) is 10.2 Å². The Kier molecular flexibility index (Phi) is 8.25. The Morgan fingerprint density at radius 1 is 0.872 bits per heavy atom. The second-order valence-electron chi connectivity index (χ2n) is 10.5. The van der Waals surface area contributed by atoms with Crippen molar-refractivity contribution in [2.75, 3.05) is 13.2 Å². The predicted molar refractivity (Wildman–Crippen MR) is 148 cm³/mol. The maximum Gasteiger partial charge on any atom is 0.407 e. The lowest BCUT2D eigenvalue weighted by atomic mass is 9.98. The highest BCUT2D eigenvalue weighted by atomic mass is 16.5. The van der Waals surface area contributed by atoms with E-state index in [9.17, 15) is 14.4 Å². The van der Waals surface area contributed by atoms with Gasteiger partial charge in [-0.05, 0) is 53.0 Å². The van der Waals surface area contributed by atoms with Gasteiger partial charge in [0.25, 0.3) is 0 Å². The van der Waals surface area contributed by atoms with Gasteiger partial charge in [0, 0.05) is 31.5 Å². The standard InChI is InChI=1S/C32H34N2O5/c35-30(34(17-16-31(36)37)20-22-8-2-1-3-9-22)19-23-14-15-24(18-23)33-32(38)39-21-29-27-12-6-4-10-25(27)26-11-5-7-13-28(26)29/h1-13,23-24,29H,14-21H2,(H,33,38)(H,36,37)/t23-,24+/m0/s1. The summed E-state index contributed by atoms with van der Waals surface area (Å²) in [4.78, 5) is 38.6. The smallest absolute Gasteiger partial charge is 0.407 e. The molecule has 0 radical (unpaired) electrons. The molecule has 1 fully saturated rings. The summed E-state index contributed by atoms with van der Waals surface area (Å²) in [7, 11) is 0. The maximum atomic E-state index is 13.1. The van der Waals surface area contributed by atoms with Crippen LogP contribution in [0.5, 0.6) is 0 Å². The van der Waals surface area contributed by atoms with Gasteiger partial charge in [0.1, 0.15) is 6.61 Å². The van der Waals surface area contributed by atoms with E-state index in [1.165, 1.54) is 22.3 Å². The SMILES string of the molecule is O=C(O)CCN(Cc1ccccc1)C(=O)C[C@H]1CC[C@@H](NC(=O)OCC2c3ccccc3-c3ccccc32)C1. The molecule has 3 aromatic carbocycles. The number of benzene rings is 3. The fourth-order valence-corrected chi connectivity index (χ4v) is 5.90. The summed E-state index contributed by atoms with van der Waals surface area (Å²) in [5, 5.41) is 12.1. The minimum absolute atomic E-state index is 0.0125. The van der Waals surface area contributed by atoms with Gasteiger partial charge in [0.15, 0.2) is 0 Å². The van der Waals surface area contributed by atoms with Gasteiger partial charge in [-0.3, -0.25) is 9.59 Å². The van der Waals surface area contributed by atoms with Gasteiger partial charge >= 0.3 is 12.1 Å². The number of nitrogens with zero attached hydrogens (tertiary/aromatic N) is 1.